The van der Waals surface area contributed by atoms with E-state index in [0.29, 0.717) is 18.8 Å². The smallest absolute Gasteiger partial charge is 0.0755 e. The molecule has 3 nitrogen and oxygen atoms in total. The van der Waals surface area contributed by atoms with E-state index in [-0.39, 0.29) is 0 Å². The summed E-state index contributed by atoms with van der Waals surface area (Å²) >= 11 is 3.54. The SMILES string of the molecule is NCc1ccc(Br)cc1N1CC2CCC(C1)O2. The van der Waals surface area contributed by atoms with Gasteiger partial charge in [-0.3, -0.25) is 0 Å². The van der Waals surface area contributed by atoms with Crippen LogP contribution in [-0.4, -0.2) is 25.3 Å². The van der Waals surface area contributed by atoms with Crippen molar-refractivity contribution in [1.82, 2.24) is 0 Å². The summed E-state index contributed by atoms with van der Waals surface area (Å²) in [6, 6.07) is 6.34. The Labute approximate surface area is 110 Å². The van der Waals surface area contributed by atoms with Crippen molar-refractivity contribution < 1.29 is 4.74 Å². The molecule has 2 saturated heterocycles. The molecular formula is C13H17BrN2O. The Morgan fingerprint density at radius 1 is 1.29 bits per heavy atom. The van der Waals surface area contributed by atoms with Gasteiger partial charge in [-0.1, -0.05) is 22.0 Å². The average Bonchev–Trinajstić information content (AvgIpc) is 2.68. The number of rotatable bonds is 2. The van der Waals surface area contributed by atoms with Gasteiger partial charge in [0.05, 0.1) is 12.2 Å². The highest BCUT2D eigenvalue weighted by atomic mass is 79.9. The molecule has 2 atom stereocenters. The molecule has 17 heavy (non-hydrogen) atoms. The van der Waals surface area contributed by atoms with Crippen molar-refractivity contribution in [3.05, 3.63) is 28.2 Å². The maximum Gasteiger partial charge on any atom is 0.0755 e. The molecule has 2 bridgehead atoms. The van der Waals surface area contributed by atoms with Crippen molar-refractivity contribution in [2.75, 3.05) is 18.0 Å². The largest absolute Gasteiger partial charge is 0.371 e. The van der Waals surface area contributed by atoms with Gasteiger partial charge < -0.3 is 15.4 Å². The first kappa shape index (κ1) is 11.5. The van der Waals surface area contributed by atoms with Gasteiger partial charge in [0.25, 0.3) is 0 Å². The van der Waals surface area contributed by atoms with E-state index in [0.717, 1.165) is 17.6 Å². The zero-order valence-electron chi connectivity index (χ0n) is 9.73. The highest BCUT2D eigenvalue weighted by Crippen LogP contribution is 2.32. The predicted molar refractivity (Wildman–Crippen MR) is 72.1 cm³/mol. The van der Waals surface area contributed by atoms with Crippen molar-refractivity contribution >= 4 is 21.6 Å². The molecule has 1 aromatic carbocycles. The lowest BCUT2D eigenvalue weighted by atomic mass is 10.1. The van der Waals surface area contributed by atoms with E-state index in [2.05, 4.69) is 39.0 Å². The zero-order chi connectivity index (χ0) is 11.8. The zero-order valence-corrected chi connectivity index (χ0v) is 11.3. The molecule has 0 aromatic heterocycles. The van der Waals surface area contributed by atoms with Gasteiger partial charge in [-0.15, -0.1) is 0 Å². The molecule has 3 rings (SSSR count). The van der Waals surface area contributed by atoms with E-state index < -0.39 is 0 Å². The Morgan fingerprint density at radius 2 is 2.00 bits per heavy atom. The number of nitrogens with zero attached hydrogens (tertiary/aromatic N) is 1. The molecule has 2 unspecified atom stereocenters. The maximum atomic E-state index is 5.87. The summed E-state index contributed by atoms with van der Waals surface area (Å²) in [6.07, 6.45) is 3.23. The first-order valence-corrected chi connectivity index (χ1v) is 6.94. The van der Waals surface area contributed by atoms with E-state index in [9.17, 15) is 0 Å². The monoisotopic (exact) mass is 296 g/mol. The van der Waals surface area contributed by atoms with Gasteiger partial charge in [0, 0.05) is 29.8 Å². The molecule has 0 spiro atoms. The third-order valence-electron chi connectivity index (χ3n) is 3.65. The van der Waals surface area contributed by atoms with Crippen molar-refractivity contribution in [1.29, 1.82) is 0 Å². The number of nitrogens with two attached hydrogens (primary N) is 1. The molecule has 1 aromatic rings. The third-order valence-corrected chi connectivity index (χ3v) is 4.14. The Hall–Kier alpha value is -0.580. The second-order valence-electron chi connectivity index (χ2n) is 4.84. The topological polar surface area (TPSA) is 38.5 Å². The Morgan fingerprint density at radius 3 is 2.65 bits per heavy atom. The van der Waals surface area contributed by atoms with Gasteiger partial charge in [-0.25, -0.2) is 0 Å². The fourth-order valence-corrected chi connectivity index (χ4v) is 3.16. The summed E-state index contributed by atoms with van der Waals surface area (Å²) in [4.78, 5) is 2.43. The van der Waals surface area contributed by atoms with Crippen molar-refractivity contribution in [3.63, 3.8) is 0 Å². The fraction of sp³-hybridized carbons (Fsp3) is 0.538. The number of fused-ring (bicyclic) bond motifs is 2. The molecule has 2 aliphatic rings. The molecule has 2 heterocycles. The molecule has 0 saturated carbocycles. The second-order valence-corrected chi connectivity index (χ2v) is 5.76. The molecular weight excluding hydrogens is 280 g/mol. The first-order chi connectivity index (χ1) is 8.26. The summed E-state index contributed by atoms with van der Waals surface area (Å²) in [5.41, 5.74) is 8.30. The summed E-state index contributed by atoms with van der Waals surface area (Å²) < 4.78 is 6.98. The van der Waals surface area contributed by atoms with Gasteiger partial charge >= 0.3 is 0 Å². The minimum Gasteiger partial charge on any atom is -0.371 e. The van der Waals surface area contributed by atoms with Crippen molar-refractivity contribution in [3.8, 4) is 0 Å². The fourth-order valence-electron chi connectivity index (χ4n) is 2.82. The summed E-state index contributed by atoms with van der Waals surface area (Å²) in [5.74, 6) is 0. The van der Waals surface area contributed by atoms with Crippen LogP contribution in [0.1, 0.15) is 18.4 Å². The van der Waals surface area contributed by atoms with Crippen LogP contribution >= 0.6 is 15.9 Å². The molecule has 0 amide bonds. The van der Waals surface area contributed by atoms with Crippen LogP contribution in [0.15, 0.2) is 22.7 Å². The molecule has 2 aliphatic heterocycles. The summed E-state index contributed by atoms with van der Waals surface area (Å²) in [5, 5.41) is 0. The summed E-state index contributed by atoms with van der Waals surface area (Å²) in [6.45, 7) is 2.59. The van der Waals surface area contributed by atoms with E-state index in [1.165, 1.54) is 24.1 Å². The highest BCUT2D eigenvalue weighted by molar-refractivity contribution is 9.10. The molecule has 2 fully saturated rings. The minimum absolute atomic E-state index is 0.415. The Bertz CT molecular complexity index is 412. The highest BCUT2D eigenvalue weighted by Gasteiger charge is 2.34. The number of benzene rings is 1. The van der Waals surface area contributed by atoms with Crippen LogP contribution < -0.4 is 10.6 Å². The lowest BCUT2D eigenvalue weighted by Crippen LogP contribution is -2.43. The third kappa shape index (κ3) is 2.21. The van der Waals surface area contributed by atoms with Crippen molar-refractivity contribution in [2.45, 2.75) is 31.6 Å². The van der Waals surface area contributed by atoms with E-state index >= 15 is 0 Å². The number of morpholine rings is 1. The van der Waals surface area contributed by atoms with Crippen LogP contribution in [0.2, 0.25) is 0 Å². The van der Waals surface area contributed by atoms with E-state index in [4.69, 9.17) is 10.5 Å². The van der Waals surface area contributed by atoms with Crippen LogP contribution in [0.25, 0.3) is 0 Å². The number of hydrogen-bond acceptors (Lipinski definition) is 3. The Balaban J connectivity index is 1.90. The van der Waals surface area contributed by atoms with Gasteiger partial charge in [0.2, 0.25) is 0 Å². The maximum absolute atomic E-state index is 5.87. The number of halogens is 1. The van der Waals surface area contributed by atoms with E-state index in [1.807, 2.05) is 0 Å². The van der Waals surface area contributed by atoms with Gasteiger partial charge in [0.15, 0.2) is 0 Å². The number of anilines is 1. The average molecular weight is 297 g/mol. The van der Waals surface area contributed by atoms with Gasteiger partial charge in [-0.2, -0.15) is 0 Å². The standard InChI is InChI=1S/C13H17BrN2O/c14-10-2-1-9(6-15)13(5-10)16-7-11-3-4-12(8-16)17-11/h1-2,5,11-12H,3-4,6-8,15H2. The predicted octanol–water partition coefficient (Wildman–Crippen LogP) is 2.28. The van der Waals surface area contributed by atoms with Crippen LogP contribution in [0.3, 0.4) is 0 Å². The van der Waals surface area contributed by atoms with Gasteiger partial charge in [0.1, 0.15) is 0 Å². The van der Waals surface area contributed by atoms with Crippen molar-refractivity contribution in [2.24, 2.45) is 5.73 Å². The van der Waals surface area contributed by atoms with Crippen LogP contribution in [-0.2, 0) is 11.3 Å². The number of ether oxygens (including phenoxy) is 1. The lowest BCUT2D eigenvalue weighted by molar-refractivity contribution is 0.0304. The normalized spacial score (nSPS) is 27.5. The van der Waals surface area contributed by atoms with Crippen LogP contribution in [0, 0.1) is 0 Å². The molecule has 2 N–H and O–H groups in total. The van der Waals surface area contributed by atoms with Crippen LogP contribution in [0.5, 0.6) is 0 Å². The number of hydrogen-bond donors (Lipinski definition) is 1. The molecule has 92 valence electrons. The van der Waals surface area contributed by atoms with Gasteiger partial charge in [-0.05, 0) is 30.5 Å². The second kappa shape index (κ2) is 4.59. The first-order valence-electron chi connectivity index (χ1n) is 6.15. The lowest BCUT2D eigenvalue weighted by Gasteiger charge is -2.35. The quantitative estimate of drug-likeness (QED) is 0.910. The summed E-state index contributed by atoms with van der Waals surface area (Å²) in [7, 11) is 0. The minimum atomic E-state index is 0.415. The molecule has 4 heteroatoms. The van der Waals surface area contributed by atoms with Crippen LogP contribution in [0.4, 0.5) is 5.69 Å². The van der Waals surface area contributed by atoms with E-state index in [1.54, 1.807) is 0 Å². The molecule has 0 radical (unpaired) electrons. The molecule has 0 aliphatic carbocycles. The Kier molecular flexibility index (Phi) is 3.11.